The Balaban J connectivity index is 1.45. The van der Waals surface area contributed by atoms with Crippen molar-refractivity contribution in [3.8, 4) is 0 Å². The summed E-state index contributed by atoms with van der Waals surface area (Å²) in [4.78, 5) is 17.3. The van der Waals surface area contributed by atoms with Crippen LogP contribution in [-0.4, -0.2) is 70.4 Å². The highest BCUT2D eigenvalue weighted by Crippen LogP contribution is 2.19. The van der Waals surface area contributed by atoms with Gasteiger partial charge in [0.2, 0.25) is 0 Å². The molecule has 1 aliphatic rings. The van der Waals surface area contributed by atoms with Crippen LogP contribution >= 0.6 is 0 Å². The van der Waals surface area contributed by atoms with Crippen molar-refractivity contribution in [3.05, 3.63) is 59.2 Å². The second-order valence-electron chi connectivity index (χ2n) is 8.54. The number of likely N-dealkylation sites (N-methyl/N-ethyl adjacent to an activating group) is 1. The highest BCUT2D eigenvalue weighted by atomic mass is 32.2. The number of aryl methyl sites for hydroxylation is 2. The molecule has 1 saturated heterocycles. The van der Waals surface area contributed by atoms with Crippen molar-refractivity contribution in [1.82, 2.24) is 15.1 Å². The SMILES string of the molecule is Cc1ccc(NS(=O)(=O)c2ccc(C(=O)NCCCCN3CCN(C)CC3)cc2)cc1C. The van der Waals surface area contributed by atoms with Gasteiger partial charge in [0.25, 0.3) is 15.9 Å². The zero-order valence-corrected chi connectivity index (χ0v) is 20.0. The average Bonchev–Trinajstić information content (AvgIpc) is 2.77. The number of rotatable bonds is 9. The van der Waals surface area contributed by atoms with Gasteiger partial charge in [-0.3, -0.25) is 9.52 Å². The van der Waals surface area contributed by atoms with Crippen LogP contribution in [0.15, 0.2) is 47.4 Å². The molecule has 0 bridgehead atoms. The molecule has 8 heteroatoms. The molecule has 2 aromatic carbocycles. The van der Waals surface area contributed by atoms with Gasteiger partial charge in [-0.1, -0.05) is 6.07 Å². The molecule has 0 atom stereocenters. The Bertz CT molecular complexity index is 1010. The van der Waals surface area contributed by atoms with Crippen LogP contribution in [0.3, 0.4) is 0 Å². The van der Waals surface area contributed by atoms with Gasteiger partial charge in [-0.25, -0.2) is 8.42 Å². The maximum atomic E-state index is 12.7. The highest BCUT2D eigenvalue weighted by Gasteiger charge is 2.16. The molecular formula is C24H34N4O3S. The molecule has 2 aromatic rings. The topological polar surface area (TPSA) is 81.7 Å². The maximum absolute atomic E-state index is 12.7. The molecule has 0 radical (unpaired) electrons. The molecule has 174 valence electrons. The molecule has 1 heterocycles. The number of piperazine rings is 1. The quantitative estimate of drug-likeness (QED) is 0.565. The number of benzene rings is 2. The molecule has 3 rings (SSSR count). The van der Waals surface area contributed by atoms with Crippen LogP contribution in [-0.2, 0) is 10.0 Å². The Kier molecular flexibility index (Phi) is 8.28. The van der Waals surface area contributed by atoms with E-state index in [4.69, 9.17) is 0 Å². The van der Waals surface area contributed by atoms with E-state index in [0.717, 1.165) is 56.7 Å². The first-order chi connectivity index (χ1) is 15.2. The van der Waals surface area contributed by atoms with Gasteiger partial charge in [0, 0.05) is 44.0 Å². The van der Waals surface area contributed by atoms with Gasteiger partial charge in [0.05, 0.1) is 4.90 Å². The van der Waals surface area contributed by atoms with Gasteiger partial charge in [0.15, 0.2) is 0 Å². The summed E-state index contributed by atoms with van der Waals surface area (Å²) in [5.41, 5.74) is 3.09. The number of unbranched alkanes of at least 4 members (excludes halogenated alkanes) is 1. The second-order valence-corrected chi connectivity index (χ2v) is 10.2. The predicted octanol–water partition coefficient (Wildman–Crippen LogP) is 2.86. The Morgan fingerprint density at radius 3 is 2.28 bits per heavy atom. The first-order valence-corrected chi connectivity index (χ1v) is 12.6. The zero-order chi connectivity index (χ0) is 23.1. The van der Waals surface area contributed by atoms with Crippen molar-refractivity contribution in [2.45, 2.75) is 31.6 Å². The van der Waals surface area contributed by atoms with Gasteiger partial charge in [-0.15, -0.1) is 0 Å². The highest BCUT2D eigenvalue weighted by molar-refractivity contribution is 7.92. The second kappa shape index (κ2) is 10.9. The number of hydrogen-bond donors (Lipinski definition) is 2. The van der Waals surface area contributed by atoms with E-state index < -0.39 is 10.0 Å². The monoisotopic (exact) mass is 458 g/mol. The standard InChI is InChI=1S/C24H34N4O3S/c1-19-6-9-22(18-20(19)2)26-32(30,31)23-10-7-21(8-11-23)24(29)25-12-4-5-13-28-16-14-27(3)15-17-28/h6-11,18,26H,4-5,12-17H2,1-3H3,(H,25,29). The number of carbonyl (C=O) groups is 1. The summed E-state index contributed by atoms with van der Waals surface area (Å²) in [7, 11) is -1.56. The molecule has 1 fully saturated rings. The first kappa shape index (κ1) is 24.2. The summed E-state index contributed by atoms with van der Waals surface area (Å²) in [6, 6.07) is 11.5. The molecule has 0 aliphatic carbocycles. The number of nitrogens with zero attached hydrogens (tertiary/aromatic N) is 2. The normalized spacial score (nSPS) is 15.5. The van der Waals surface area contributed by atoms with E-state index in [1.165, 1.54) is 12.1 Å². The van der Waals surface area contributed by atoms with Crippen LogP contribution in [0.25, 0.3) is 0 Å². The minimum atomic E-state index is -3.71. The Morgan fingerprint density at radius 1 is 0.938 bits per heavy atom. The maximum Gasteiger partial charge on any atom is 0.261 e. The zero-order valence-electron chi connectivity index (χ0n) is 19.2. The minimum absolute atomic E-state index is 0.124. The van der Waals surface area contributed by atoms with Crippen LogP contribution < -0.4 is 10.0 Å². The van der Waals surface area contributed by atoms with Crippen molar-refractivity contribution < 1.29 is 13.2 Å². The van der Waals surface area contributed by atoms with Gasteiger partial charge in [0.1, 0.15) is 0 Å². The number of sulfonamides is 1. The fraction of sp³-hybridized carbons (Fsp3) is 0.458. The van der Waals surface area contributed by atoms with Crippen molar-refractivity contribution in [2.75, 3.05) is 51.0 Å². The van der Waals surface area contributed by atoms with E-state index in [9.17, 15) is 13.2 Å². The average molecular weight is 459 g/mol. The van der Waals surface area contributed by atoms with Crippen LogP contribution in [0.4, 0.5) is 5.69 Å². The lowest BCUT2D eigenvalue weighted by molar-refractivity contribution is 0.0951. The third-order valence-electron chi connectivity index (χ3n) is 5.97. The van der Waals surface area contributed by atoms with Crippen molar-refractivity contribution in [1.29, 1.82) is 0 Å². The smallest absolute Gasteiger partial charge is 0.261 e. The van der Waals surface area contributed by atoms with Gasteiger partial charge >= 0.3 is 0 Å². The Labute approximate surface area is 191 Å². The van der Waals surface area contributed by atoms with Crippen molar-refractivity contribution >= 4 is 21.6 Å². The van der Waals surface area contributed by atoms with Gasteiger partial charge < -0.3 is 15.1 Å². The summed E-state index contributed by atoms with van der Waals surface area (Å²) >= 11 is 0. The molecule has 0 spiro atoms. The van der Waals surface area contributed by atoms with E-state index in [1.54, 1.807) is 24.3 Å². The largest absolute Gasteiger partial charge is 0.352 e. The predicted molar refractivity (Wildman–Crippen MR) is 129 cm³/mol. The molecule has 1 amide bonds. The van der Waals surface area contributed by atoms with E-state index in [0.29, 0.717) is 17.8 Å². The van der Waals surface area contributed by atoms with Crippen LogP contribution in [0.5, 0.6) is 0 Å². The summed E-state index contributed by atoms with van der Waals surface area (Å²) in [6.45, 7) is 10.0. The van der Waals surface area contributed by atoms with E-state index in [2.05, 4.69) is 26.9 Å². The molecule has 1 aliphatic heterocycles. The number of hydrogen-bond acceptors (Lipinski definition) is 5. The molecular weight excluding hydrogens is 424 g/mol. The molecule has 32 heavy (non-hydrogen) atoms. The third-order valence-corrected chi connectivity index (χ3v) is 7.37. The molecule has 0 aromatic heterocycles. The Hall–Kier alpha value is -2.42. The molecule has 7 nitrogen and oxygen atoms in total. The van der Waals surface area contributed by atoms with Crippen molar-refractivity contribution in [3.63, 3.8) is 0 Å². The minimum Gasteiger partial charge on any atom is -0.352 e. The summed E-state index contributed by atoms with van der Waals surface area (Å²) < 4.78 is 27.9. The van der Waals surface area contributed by atoms with Crippen LogP contribution in [0, 0.1) is 13.8 Å². The van der Waals surface area contributed by atoms with E-state index in [1.807, 2.05) is 19.9 Å². The van der Waals surface area contributed by atoms with Crippen LogP contribution in [0.1, 0.15) is 34.3 Å². The Morgan fingerprint density at radius 2 is 1.62 bits per heavy atom. The van der Waals surface area contributed by atoms with Gasteiger partial charge in [-0.2, -0.15) is 0 Å². The number of anilines is 1. The number of nitrogens with one attached hydrogen (secondary N) is 2. The summed E-state index contributed by atoms with van der Waals surface area (Å²) in [5, 5.41) is 2.92. The van der Waals surface area contributed by atoms with E-state index >= 15 is 0 Å². The molecule has 2 N–H and O–H groups in total. The summed E-state index contributed by atoms with van der Waals surface area (Å²) in [6.07, 6.45) is 1.97. The summed E-state index contributed by atoms with van der Waals surface area (Å²) in [5.74, 6) is -0.185. The lowest BCUT2D eigenvalue weighted by Crippen LogP contribution is -2.44. The lowest BCUT2D eigenvalue weighted by atomic mass is 10.1. The third kappa shape index (κ3) is 6.79. The molecule has 0 unspecified atom stereocenters. The van der Waals surface area contributed by atoms with Crippen LogP contribution in [0.2, 0.25) is 0 Å². The lowest BCUT2D eigenvalue weighted by Gasteiger charge is -2.32. The fourth-order valence-corrected chi connectivity index (χ4v) is 4.69. The van der Waals surface area contributed by atoms with Crippen molar-refractivity contribution in [2.24, 2.45) is 0 Å². The first-order valence-electron chi connectivity index (χ1n) is 11.1. The number of amides is 1. The number of carbonyl (C=O) groups excluding carboxylic acids is 1. The van der Waals surface area contributed by atoms with Gasteiger partial charge in [-0.05, 0) is 87.8 Å². The fourth-order valence-electron chi connectivity index (χ4n) is 3.64. The van der Waals surface area contributed by atoms with E-state index in [-0.39, 0.29) is 10.8 Å². The molecule has 0 saturated carbocycles.